The van der Waals surface area contributed by atoms with Gasteiger partial charge in [-0.2, -0.15) is 18.2 Å². The first-order valence-electron chi connectivity index (χ1n) is 10.9. The molecule has 0 spiro atoms. The summed E-state index contributed by atoms with van der Waals surface area (Å²) in [6.07, 6.45) is -1.36. The summed E-state index contributed by atoms with van der Waals surface area (Å²) in [5.74, 6) is -1.72. The zero-order valence-corrected chi connectivity index (χ0v) is 18.5. The lowest BCUT2D eigenvalue weighted by molar-refractivity contribution is -0.137. The van der Waals surface area contributed by atoms with Gasteiger partial charge in [-0.3, -0.25) is 0 Å². The monoisotopic (exact) mass is 479 g/mol. The van der Waals surface area contributed by atoms with Crippen LogP contribution in [0.5, 0.6) is 0 Å². The van der Waals surface area contributed by atoms with Crippen molar-refractivity contribution in [2.24, 2.45) is 7.05 Å². The minimum Gasteiger partial charge on any atom is -0.339 e. The summed E-state index contributed by atoms with van der Waals surface area (Å²) < 4.78 is 73.6. The van der Waals surface area contributed by atoms with E-state index in [1.54, 1.807) is 17.7 Å². The SMILES string of the molecule is Cn1c(-c2ccccc2C(F)(F)F)nnc1C1(C)CC=C(c2noc(C3CC(F)(F)C3)n2)CC1. The number of benzene rings is 1. The van der Waals surface area contributed by atoms with Gasteiger partial charge in [0.25, 0.3) is 0 Å². The summed E-state index contributed by atoms with van der Waals surface area (Å²) in [6, 6.07) is 5.31. The third kappa shape index (κ3) is 3.90. The van der Waals surface area contributed by atoms with E-state index in [9.17, 15) is 22.0 Å². The molecule has 0 radical (unpaired) electrons. The van der Waals surface area contributed by atoms with E-state index in [0.717, 1.165) is 11.6 Å². The molecule has 1 fully saturated rings. The molecule has 6 nitrogen and oxygen atoms in total. The van der Waals surface area contributed by atoms with Crippen LogP contribution in [0, 0.1) is 0 Å². The number of hydrogen-bond donors (Lipinski definition) is 0. The highest BCUT2D eigenvalue weighted by Crippen LogP contribution is 2.48. The molecule has 0 saturated heterocycles. The zero-order chi connectivity index (χ0) is 24.3. The molecular formula is C23H22F5N5O. The number of allylic oxidation sites excluding steroid dienone is 2. The standard InChI is InChI=1S/C23H22F5N5O/c1-21(20-31-30-18(33(20)2)15-5-3-4-6-16(15)23(26,27)28)9-7-13(8-10-21)17-29-19(34-32-17)14-11-22(24,25)12-14/h3-7,14H,8-12H2,1-2H3. The highest BCUT2D eigenvalue weighted by atomic mass is 19.4. The van der Waals surface area contributed by atoms with Crippen molar-refractivity contribution in [3.63, 3.8) is 0 Å². The van der Waals surface area contributed by atoms with E-state index >= 15 is 0 Å². The Balaban J connectivity index is 1.37. The molecule has 3 aromatic rings. The molecule has 2 aromatic heterocycles. The van der Waals surface area contributed by atoms with Gasteiger partial charge < -0.3 is 9.09 Å². The summed E-state index contributed by atoms with van der Waals surface area (Å²) in [7, 11) is 1.67. The van der Waals surface area contributed by atoms with Crippen LogP contribution in [0.1, 0.15) is 68.0 Å². The predicted octanol–water partition coefficient (Wildman–Crippen LogP) is 5.92. The fourth-order valence-electron chi connectivity index (χ4n) is 4.75. The van der Waals surface area contributed by atoms with Crippen LogP contribution in [0.25, 0.3) is 17.0 Å². The van der Waals surface area contributed by atoms with E-state index in [2.05, 4.69) is 20.3 Å². The Morgan fingerprint density at radius 3 is 2.50 bits per heavy atom. The molecule has 1 saturated carbocycles. The lowest BCUT2D eigenvalue weighted by Gasteiger charge is -2.32. The molecule has 180 valence electrons. The second-order valence-electron chi connectivity index (χ2n) is 9.36. The Bertz CT molecular complexity index is 1250. The minimum atomic E-state index is -4.51. The number of hydrogen-bond acceptors (Lipinski definition) is 5. The number of rotatable bonds is 4. The van der Waals surface area contributed by atoms with Crippen molar-refractivity contribution in [3.05, 3.63) is 53.4 Å². The first-order valence-corrected chi connectivity index (χ1v) is 10.9. The average Bonchev–Trinajstić information content (AvgIpc) is 3.39. The fourth-order valence-corrected chi connectivity index (χ4v) is 4.75. The van der Waals surface area contributed by atoms with E-state index in [-0.39, 0.29) is 30.1 Å². The summed E-state index contributed by atoms with van der Waals surface area (Å²) in [6.45, 7) is 1.99. The smallest absolute Gasteiger partial charge is 0.339 e. The highest BCUT2D eigenvalue weighted by molar-refractivity contribution is 5.63. The molecule has 0 amide bonds. The highest BCUT2D eigenvalue weighted by Gasteiger charge is 2.48. The van der Waals surface area contributed by atoms with Crippen molar-refractivity contribution in [2.45, 2.75) is 62.5 Å². The third-order valence-corrected chi connectivity index (χ3v) is 6.80. The molecule has 0 N–H and O–H groups in total. The quantitative estimate of drug-likeness (QED) is 0.435. The van der Waals surface area contributed by atoms with Crippen LogP contribution in [0.15, 0.2) is 34.9 Å². The third-order valence-electron chi connectivity index (χ3n) is 6.80. The van der Waals surface area contributed by atoms with Crippen molar-refractivity contribution in [2.75, 3.05) is 0 Å². The second-order valence-corrected chi connectivity index (χ2v) is 9.36. The molecule has 1 unspecified atom stereocenters. The van der Waals surface area contributed by atoms with Gasteiger partial charge in [-0.25, -0.2) is 8.78 Å². The van der Waals surface area contributed by atoms with E-state index in [1.165, 1.54) is 12.1 Å². The normalized spacial score (nSPS) is 23.0. The van der Waals surface area contributed by atoms with E-state index in [0.29, 0.717) is 30.9 Å². The van der Waals surface area contributed by atoms with Crippen molar-refractivity contribution in [3.8, 4) is 11.4 Å². The molecule has 2 aliphatic rings. The van der Waals surface area contributed by atoms with Gasteiger partial charge >= 0.3 is 6.18 Å². The fraction of sp³-hybridized carbons (Fsp3) is 0.478. The molecule has 34 heavy (non-hydrogen) atoms. The lowest BCUT2D eigenvalue weighted by atomic mass is 9.75. The van der Waals surface area contributed by atoms with Gasteiger partial charge in [0.05, 0.1) is 5.56 Å². The number of aromatic nitrogens is 5. The van der Waals surface area contributed by atoms with Crippen LogP contribution in [-0.4, -0.2) is 30.8 Å². The molecule has 0 bridgehead atoms. The first kappa shape index (κ1) is 22.7. The Kier molecular flexibility index (Phi) is 5.14. The maximum absolute atomic E-state index is 13.5. The Hall–Kier alpha value is -3.11. The number of nitrogens with zero attached hydrogens (tertiary/aromatic N) is 5. The molecule has 2 heterocycles. The Morgan fingerprint density at radius 1 is 1.12 bits per heavy atom. The van der Waals surface area contributed by atoms with Crippen molar-refractivity contribution >= 4 is 5.57 Å². The van der Waals surface area contributed by atoms with Crippen LogP contribution in [-0.2, 0) is 18.6 Å². The topological polar surface area (TPSA) is 69.6 Å². The largest absolute Gasteiger partial charge is 0.417 e. The summed E-state index contributed by atoms with van der Waals surface area (Å²) in [4.78, 5) is 4.32. The zero-order valence-electron chi connectivity index (χ0n) is 18.5. The average molecular weight is 479 g/mol. The van der Waals surface area contributed by atoms with Crippen LogP contribution in [0.2, 0.25) is 0 Å². The van der Waals surface area contributed by atoms with Crippen LogP contribution in [0.4, 0.5) is 22.0 Å². The maximum Gasteiger partial charge on any atom is 0.417 e. The van der Waals surface area contributed by atoms with E-state index in [4.69, 9.17) is 4.52 Å². The van der Waals surface area contributed by atoms with Gasteiger partial charge in [0, 0.05) is 36.8 Å². The van der Waals surface area contributed by atoms with Crippen molar-refractivity contribution in [1.82, 2.24) is 24.9 Å². The van der Waals surface area contributed by atoms with Crippen LogP contribution < -0.4 is 0 Å². The van der Waals surface area contributed by atoms with Gasteiger partial charge in [0.2, 0.25) is 11.8 Å². The molecule has 1 atom stereocenters. The van der Waals surface area contributed by atoms with Gasteiger partial charge in [-0.05, 0) is 30.9 Å². The van der Waals surface area contributed by atoms with E-state index in [1.807, 2.05) is 13.0 Å². The number of alkyl halides is 5. The minimum absolute atomic E-state index is 0.0206. The van der Waals surface area contributed by atoms with Crippen LogP contribution >= 0.6 is 0 Å². The van der Waals surface area contributed by atoms with Gasteiger partial charge in [-0.1, -0.05) is 36.4 Å². The lowest BCUT2D eigenvalue weighted by Crippen LogP contribution is -2.33. The Morgan fingerprint density at radius 2 is 1.85 bits per heavy atom. The van der Waals surface area contributed by atoms with Gasteiger partial charge in [0.15, 0.2) is 11.6 Å². The Labute approximate surface area is 191 Å². The molecule has 0 aliphatic heterocycles. The van der Waals surface area contributed by atoms with Crippen molar-refractivity contribution < 1.29 is 26.5 Å². The first-order chi connectivity index (χ1) is 16.0. The van der Waals surface area contributed by atoms with E-state index < -0.39 is 29.0 Å². The second kappa shape index (κ2) is 7.71. The molecule has 2 aliphatic carbocycles. The van der Waals surface area contributed by atoms with Gasteiger partial charge in [0.1, 0.15) is 5.82 Å². The molecular weight excluding hydrogens is 457 g/mol. The number of halogens is 5. The maximum atomic E-state index is 13.5. The van der Waals surface area contributed by atoms with Crippen LogP contribution in [0.3, 0.4) is 0 Å². The molecule has 1 aromatic carbocycles. The summed E-state index contributed by atoms with van der Waals surface area (Å²) in [5, 5.41) is 12.3. The molecule has 5 rings (SSSR count). The summed E-state index contributed by atoms with van der Waals surface area (Å²) >= 11 is 0. The summed E-state index contributed by atoms with van der Waals surface area (Å²) in [5.41, 5.74) is -0.388. The van der Waals surface area contributed by atoms with Gasteiger partial charge in [-0.15, -0.1) is 10.2 Å². The predicted molar refractivity (Wildman–Crippen MR) is 112 cm³/mol. The van der Waals surface area contributed by atoms with Crippen molar-refractivity contribution in [1.29, 1.82) is 0 Å². The molecule has 11 heteroatoms.